The molecule has 3 rings (SSSR count). The van der Waals surface area contributed by atoms with Gasteiger partial charge in [0.05, 0.1) is 12.1 Å². The van der Waals surface area contributed by atoms with Crippen LogP contribution in [0.1, 0.15) is 25.7 Å². The smallest absolute Gasteiger partial charge is 0.224 e. The van der Waals surface area contributed by atoms with Crippen molar-refractivity contribution in [1.82, 2.24) is 15.3 Å². The van der Waals surface area contributed by atoms with E-state index in [2.05, 4.69) is 20.2 Å². The van der Waals surface area contributed by atoms with Crippen molar-refractivity contribution in [3.63, 3.8) is 0 Å². The highest BCUT2D eigenvalue weighted by molar-refractivity contribution is 5.79. The Bertz CT molecular complexity index is 432. The highest BCUT2D eigenvalue weighted by Crippen LogP contribution is 2.28. The van der Waals surface area contributed by atoms with E-state index in [0.717, 1.165) is 44.2 Å². The van der Waals surface area contributed by atoms with E-state index in [4.69, 9.17) is 0 Å². The third kappa shape index (κ3) is 3.22. The number of amides is 1. The maximum absolute atomic E-state index is 12.1. The van der Waals surface area contributed by atoms with Crippen LogP contribution in [0.3, 0.4) is 0 Å². The number of carbonyl (C=O) groups is 1. The molecule has 2 heterocycles. The van der Waals surface area contributed by atoms with E-state index in [1.165, 1.54) is 12.8 Å². The fourth-order valence-corrected chi connectivity index (χ4v) is 2.57. The predicted molar refractivity (Wildman–Crippen MR) is 72.7 cm³/mol. The second-order valence-electron chi connectivity index (χ2n) is 5.54. The molecule has 1 atom stereocenters. The topological polar surface area (TPSA) is 58.1 Å². The number of hydrogen-bond donors (Lipinski definition) is 1. The van der Waals surface area contributed by atoms with Crippen LogP contribution in [0, 0.1) is 11.8 Å². The Hall–Kier alpha value is -1.65. The first kappa shape index (κ1) is 12.4. The summed E-state index contributed by atoms with van der Waals surface area (Å²) in [6, 6.07) is 0. The van der Waals surface area contributed by atoms with Crippen molar-refractivity contribution in [3.8, 4) is 0 Å². The number of piperidine rings is 1. The molecule has 1 saturated carbocycles. The summed E-state index contributed by atoms with van der Waals surface area (Å²) in [6.45, 7) is 2.58. The van der Waals surface area contributed by atoms with Crippen LogP contribution in [-0.4, -0.2) is 35.5 Å². The van der Waals surface area contributed by atoms with E-state index < -0.39 is 0 Å². The zero-order valence-corrected chi connectivity index (χ0v) is 11.1. The zero-order valence-electron chi connectivity index (χ0n) is 11.1. The van der Waals surface area contributed by atoms with Crippen molar-refractivity contribution in [2.45, 2.75) is 25.7 Å². The Morgan fingerprint density at radius 2 is 2.26 bits per heavy atom. The van der Waals surface area contributed by atoms with Gasteiger partial charge in [0, 0.05) is 32.0 Å². The summed E-state index contributed by atoms with van der Waals surface area (Å²) in [5.74, 6) is 1.92. The molecule has 1 aliphatic heterocycles. The van der Waals surface area contributed by atoms with Gasteiger partial charge in [0.25, 0.3) is 0 Å². The Kier molecular flexibility index (Phi) is 3.62. The first-order valence-electron chi connectivity index (χ1n) is 7.11. The number of nitrogens with one attached hydrogen (secondary N) is 1. The molecule has 1 aromatic heterocycles. The highest BCUT2D eigenvalue weighted by atomic mass is 16.1. The minimum atomic E-state index is 0.0921. The highest BCUT2D eigenvalue weighted by Gasteiger charge is 2.28. The van der Waals surface area contributed by atoms with Crippen LogP contribution in [0.15, 0.2) is 18.6 Å². The van der Waals surface area contributed by atoms with Gasteiger partial charge in [0.2, 0.25) is 5.91 Å². The SMILES string of the molecule is O=C(NCC1CC1)[C@@H]1CCCN(c2cnccn2)C1. The second-order valence-corrected chi connectivity index (χ2v) is 5.54. The van der Waals surface area contributed by atoms with Crippen molar-refractivity contribution < 1.29 is 4.79 Å². The van der Waals surface area contributed by atoms with Crippen LogP contribution in [0.2, 0.25) is 0 Å². The fraction of sp³-hybridized carbons (Fsp3) is 0.643. The van der Waals surface area contributed by atoms with Gasteiger partial charge in [-0.05, 0) is 31.6 Å². The van der Waals surface area contributed by atoms with Gasteiger partial charge in [-0.1, -0.05) is 0 Å². The normalized spacial score (nSPS) is 23.2. The quantitative estimate of drug-likeness (QED) is 0.884. The van der Waals surface area contributed by atoms with Gasteiger partial charge in [0.1, 0.15) is 5.82 Å². The van der Waals surface area contributed by atoms with Crippen molar-refractivity contribution in [3.05, 3.63) is 18.6 Å². The lowest BCUT2D eigenvalue weighted by molar-refractivity contribution is -0.125. The molecule has 0 unspecified atom stereocenters. The number of aromatic nitrogens is 2. The van der Waals surface area contributed by atoms with Gasteiger partial charge in [-0.2, -0.15) is 0 Å². The largest absolute Gasteiger partial charge is 0.356 e. The summed E-state index contributed by atoms with van der Waals surface area (Å²) in [5.41, 5.74) is 0. The molecule has 1 N–H and O–H groups in total. The lowest BCUT2D eigenvalue weighted by Crippen LogP contribution is -2.43. The molecule has 0 spiro atoms. The molecule has 19 heavy (non-hydrogen) atoms. The van der Waals surface area contributed by atoms with E-state index in [1.54, 1.807) is 18.6 Å². The molecule has 1 aliphatic carbocycles. The number of carbonyl (C=O) groups excluding carboxylic acids is 1. The van der Waals surface area contributed by atoms with E-state index >= 15 is 0 Å². The van der Waals surface area contributed by atoms with Gasteiger partial charge < -0.3 is 10.2 Å². The summed E-state index contributed by atoms with van der Waals surface area (Å²) in [4.78, 5) is 22.7. The molecular formula is C14H20N4O. The van der Waals surface area contributed by atoms with Crippen molar-refractivity contribution in [2.24, 2.45) is 11.8 Å². The summed E-state index contributed by atoms with van der Waals surface area (Å²) in [7, 11) is 0. The Labute approximate surface area is 113 Å². The molecule has 1 aromatic rings. The van der Waals surface area contributed by atoms with Crippen LogP contribution < -0.4 is 10.2 Å². The first-order valence-corrected chi connectivity index (χ1v) is 7.11. The average Bonchev–Trinajstić information content (AvgIpc) is 3.30. The molecular weight excluding hydrogens is 240 g/mol. The zero-order chi connectivity index (χ0) is 13.1. The van der Waals surface area contributed by atoms with Gasteiger partial charge in [-0.25, -0.2) is 4.98 Å². The summed E-state index contributed by atoms with van der Waals surface area (Å²) < 4.78 is 0. The Balaban J connectivity index is 1.56. The van der Waals surface area contributed by atoms with Crippen LogP contribution in [0.5, 0.6) is 0 Å². The molecule has 0 bridgehead atoms. The molecule has 2 fully saturated rings. The Morgan fingerprint density at radius 1 is 1.37 bits per heavy atom. The number of rotatable bonds is 4. The van der Waals surface area contributed by atoms with Gasteiger partial charge >= 0.3 is 0 Å². The molecule has 1 amide bonds. The van der Waals surface area contributed by atoms with Crippen LogP contribution >= 0.6 is 0 Å². The molecule has 1 saturated heterocycles. The van der Waals surface area contributed by atoms with Crippen LogP contribution in [0.25, 0.3) is 0 Å². The molecule has 2 aliphatic rings. The van der Waals surface area contributed by atoms with E-state index in [9.17, 15) is 4.79 Å². The second kappa shape index (κ2) is 5.55. The monoisotopic (exact) mass is 260 g/mol. The summed E-state index contributed by atoms with van der Waals surface area (Å²) in [6.07, 6.45) is 9.71. The van der Waals surface area contributed by atoms with Crippen molar-refractivity contribution in [2.75, 3.05) is 24.5 Å². The number of nitrogens with zero attached hydrogens (tertiary/aromatic N) is 3. The minimum Gasteiger partial charge on any atom is -0.356 e. The van der Waals surface area contributed by atoms with Gasteiger partial charge in [-0.3, -0.25) is 9.78 Å². The third-order valence-electron chi connectivity index (χ3n) is 3.93. The molecule has 0 radical (unpaired) electrons. The van der Waals surface area contributed by atoms with E-state index in [-0.39, 0.29) is 11.8 Å². The van der Waals surface area contributed by atoms with Gasteiger partial charge in [-0.15, -0.1) is 0 Å². The van der Waals surface area contributed by atoms with E-state index in [0.29, 0.717) is 0 Å². The van der Waals surface area contributed by atoms with Crippen LogP contribution in [0.4, 0.5) is 5.82 Å². The standard InChI is InChI=1S/C14H20N4O/c19-14(17-8-11-3-4-11)12-2-1-7-18(10-12)13-9-15-5-6-16-13/h5-6,9,11-12H,1-4,7-8,10H2,(H,17,19)/t12-/m1/s1. The first-order chi connectivity index (χ1) is 9.33. The average molecular weight is 260 g/mol. The molecule has 102 valence electrons. The molecule has 5 nitrogen and oxygen atoms in total. The minimum absolute atomic E-state index is 0.0921. The molecule has 5 heteroatoms. The van der Waals surface area contributed by atoms with Crippen LogP contribution in [-0.2, 0) is 4.79 Å². The maximum atomic E-state index is 12.1. The van der Waals surface area contributed by atoms with Gasteiger partial charge in [0.15, 0.2) is 0 Å². The maximum Gasteiger partial charge on any atom is 0.224 e. The van der Waals surface area contributed by atoms with Crippen molar-refractivity contribution in [1.29, 1.82) is 0 Å². The Morgan fingerprint density at radius 3 is 3.00 bits per heavy atom. The fourth-order valence-electron chi connectivity index (χ4n) is 2.57. The van der Waals surface area contributed by atoms with Crippen molar-refractivity contribution >= 4 is 11.7 Å². The lowest BCUT2D eigenvalue weighted by Gasteiger charge is -2.32. The summed E-state index contributed by atoms with van der Waals surface area (Å²) >= 11 is 0. The number of hydrogen-bond acceptors (Lipinski definition) is 4. The lowest BCUT2D eigenvalue weighted by atomic mass is 9.97. The third-order valence-corrected chi connectivity index (χ3v) is 3.93. The number of anilines is 1. The molecule has 0 aromatic carbocycles. The van der Waals surface area contributed by atoms with E-state index in [1.807, 2.05) is 0 Å². The summed E-state index contributed by atoms with van der Waals surface area (Å²) in [5, 5.41) is 3.08. The predicted octanol–water partition coefficient (Wildman–Crippen LogP) is 1.22.